The molecule has 0 bridgehead atoms. The van der Waals surface area contributed by atoms with E-state index in [0.29, 0.717) is 23.9 Å². The van der Waals surface area contributed by atoms with Gasteiger partial charge in [0.1, 0.15) is 0 Å². The molecule has 2 aliphatic rings. The predicted octanol–water partition coefficient (Wildman–Crippen LogP) is 1.26. The number of guanidine groups is 1. The Hall–Kier alpha value is -0.890. The highest BCUT2D eigenvalue weighted by atomic mass is 16.5. The zero-order valence-electron chi connectivity index (χ0n) is 18.7. The molecule has 2 unspecified atom stereocenters. The largest absolute Gasteiger partial charge is 0.379 e. The molecule has 2 N–H and O–H groups in total. The van der Waals surface area contributed by atoms with E-state index >= 15 is 0 Å². The molecule has 2 fully saturated rings. The Morgan fingerprint density at radius 3 is 1.89 bits per heavy atom. The van der Waals surface area contributed by atoms with Crippen LogP contribution < -0.4 is 10.6 Å². The summed E-state index contributed by atoms with van der Waals surface area (Å²) in [5, 5.41) is 7.16. The Bertz CT molecular complexity index is 446. The van der Waals surface area contributed by atoms with Crippen LogP contribution in [0.3, 0.4) is 0 Å². The van der Waals surface area contributed by atoms with E-state index in [1.54, 1.807) is 0 Å². The van der Waals surface area contributed by atoms with E-state index in [9.17, 15) is 0 Å². The first kappa shape index (κ1) is 23.4. The molecular formula is C21H43N5O2. The molecule has 0 aromatic heterocycles. The first-order valence-corrected chi connectivity index (χ1v) is 11.1. The molecule has 7 nitrogen and oxygen atoms in total. The Kier molecular flexibility index (Phi) is 10.5. The summed E-state index contributed by atoms with van der Waals surface area (Å²) in [7, 11) is 1.86. The lowest BCUT2D eigenvalue weighted by atomic mass is 10.0. The van der Waals surface area contributed by atoms with Gasteiger partial charge in [0.15, 0.2) is 5.96 Å². The second-order valence-electron chi connectivity index (χ2n) is 8.73. The van der Waals surface area contributed by atoms with Gasteiger partial charge in [0.25, 0.3) is 0 Å². The second kappa shape index (κ2) is 12.6. The molecule has 0 amide bonds. The van der Waals surface area contributed by atoms with Crippen molar-refractivity contribution in [1.82, 2.24) is 20.4 Å². The molecule has 2 atom stereocenters. The smallest absolute Gasteiger partial charge is 0.191 e. The maximum atomic E-state index is 5.53. The minimum Gasteiger partial charge on any atom is -0.379 e. The Morgan fingerprint density at radius 2 is 1.39 bits per heavy atom. The number of ether oxygens (including phenoxy) is 2. The molecular weight excluding hydrogens is 354 g/mol. The number of rotatable bonds is 9. The molecule has 164 valence electrons. The topological polar surface area (TPSA) is 61.4 Å². The SMILES string of the molecule is CN=C(NCC(CC(C)C)N1CCOCC1)NCC(C(C)C)N1CCOCC1. The van der Waals surface area contributed by atoms with Crippen LogP contribution in [0.15, 0.2) is 4.99 Å². The van der Waals surface area contributed by atoms with Crippen LogP contribution in [-0.2, 0) is 9.47 Å². The molecule has 0 radical (unpaired) electrons. The van der Waals surface area contributed by atoms with E-state index < -0.39 is 0 Å². The standard InChI is InChI=1S/C21H43N5O2/c1-17(2)14-19(25-6-10-27-11-7-25)15-23-21(22-5)24-16-20(18(3)4)26-8-12-28-13-9-26/h17-20H,6-16H2,1-5H3,(H2,22,23,24). The summed E-state index contributed by atoms with van der Waals surface area (Å²) in [6, 6.07) is 1.01. The second-order valence-corrected chi connectivity index (χ2v) is 8.73. The van der Waals surface area contributed by atoms with Crippen molar-refractivity contribution in [3.8, 4) is 0 Å². The molecule has 0 aromatic rings. The van der Waals surface area contributed by atoms with Crippen LogP contribution in [0.2, 0.25) is 0 Å². The van der Waals surface area contributed by atoms with Gasteiger partial charge in [0, 0.05) is 58.4 Å². The van der Waals surface area contributed by atoms with E-state index in [0.717, 1.165) is 71.7 Å². The summed E-state index contributed by atoms with van der Waals surface area (Å²) in [4.78, 5) is 9.58. The minimum atomic E-state index is 0.494. The molecule has 0 saturated carbocycles. The number of hydrogen-bond acceptors (Lipinski definition) is 5. The van der Waals surface area contributed by atoms with Gasteiger partial charge in [0.2, 0.25) is 0 Å². The average Bonchev–Trinajstić information content (AvgIpc) is 2.70. The van der Waals surface area contributed by atoms with Crippen LogP contribution in [0, 0.1) is 11.8 Å². The molecule has 2 aliphatic heterocycles. The normalized spacial score (nSPS) is 22.5. The minimum absolute atomic E-state index is 0.494. The van der Waals surface area contributed by atoms with Gasteiger partial charge in [-0.3, -0.25) is 14.8 Å². The summed E-state index contributed by atoms with van der Waals surface area (Å²) >= 11 is 0. The lowest BCUT2D eigenvalue weighted by molar-refractivity contribution is 0.00743. The average molecular weight is 398 g/mol. The van der Waals surface area contributed by atoms with E-state index in [4.69, 9.17) is 9.47 Å². The lowest BCUT2D eigenvalue weighted by Crippen LogP contribution is -2.54. The van der Waals surface area contributed by atoms with Gasteiger partial charge in [-0.1, -0.05) is 27.7 Å². The lowest BCUT2D eigenvalue weighted by Gasteiger charge is -2.37. The zero-order chi connectivity index (χ0) is 20.4. The maximum Gasteiger partial charge on any atom is 0.191 e. The van der Waals surface area contributed by atoms with Gasteiger partial charge < -0.3 is 20.1 Å². The summed E-state index contributed by atoms with van der Waals surface area (Å²) in [5.41, 5.74) is 0. The molecule has 0 aromatic carbocycles. The van der Waals surface area contributed by atoms with Gasteiger partial charge >= 0.3 is 0 Å². The third kappa shape index (κ3) is 7.85. The summed E-state index contributed by atoms with van der Waals surface area (Å²) in [5.74, 6) is 2.17. The van der Waals surface area contributed by atoms with Crippen LogP contribution in [0.4, 0.5) is 0 Å². The molecule has 2 saturated heterocycles. The maximum absolute atomic E-state index is 5.53. The number of nitrogens with zero attached hydrogens (tertiary/aromatic N) is 3. The van der Waals surface area contributed by atoms with Crippen molar-refractivity contribution in [2.45, 2.75) is 46.2 Å². The highest BCUT2D eigenvalue weighted by Gasteiger charge is 2.25. The number of nitrogens with one attached hydrogen (secondary N) is 2. The Balaban J connectivity index is 1.85. The predicted molar refractivity (Wildman–Crippen MR) is 116 cm³/mol. The molecule has 0 spiro atoms. The fraction of sp³-hybridized carbons (Fsp3) is 0.952. The summed E-state index contributed by atoms with van der Waals surface area (Å²) < 4.78 is 11.1. The van der Waals surface area contributed by atoms with Gasteiger partial charge in [-0.15, -0.1) is 0 Å². The first-order chi connectivity index (χ1) is 13.5. The molecule has 28 heavy (non-hydrogen) atoms. The van der Waals surface area contributed by atoms with Gasteiger partial charge in [-0.05, 0) is 18.3 Å². The zero-order valence-corrected chi connectivity index (χ0v) is 18.7. The van der Waals surface area contributed by atoms with Gasteiger partial charge in [0.05, 0.1) is 26.4 Å². The van der Waals surface area contributed by atoms with Crippen molar-refractivity contribution in [1.29, 1.82) is 0 Å². The Labute approximate surface area is 172 Å². The molecule has 2 heterocycles. The molecule has 2 rings (SSSR count). The van der Waals surface area contributed by atoms with E-state index in [1.165, 1.54) is 6.42 Å². The quantitative estimate of drug-likeness (QED) is 0.451. The van der Waals surface area contributed by atoms with Crippen molar-refractivity contribution in [2.75, 3.05) is 72.7 Å². The van der Waals surface area contributed by atoms with Crippen molar-refractivity contribution >= 4 is 5.96 Å². The van der Waals surface area contributed by atoms with Crippen LogP contribution >= 0.6 is 0 Å². The fourth-order valence-corrected chi connectivity index (χ4v) is 4.18. The third-order valence-electron chi connectivity index (χ3n) is 5.80. The highest BCUT2D eigenvalue weighted by molar-refractivity contribution is 5.79. The van der Waals surface area contributed by atoms with Crippen molar-refractivity contribution in [3.63, 3.8) is 0 Å². The Morgan fingerprint density at radius 1 is 0.857 bits per heavy atom. The van der Waals surface area contributed by atoms with Crippen LogP contribution in [0.5, 0.6) is 0 Å². The van der Waals surface area contributed by atoms with E-state index in [2.05, 4.69) is 53.1 Å². The number of hydrogen-bond donors (Lipinski definition) is 2. The van der Waals surface area contributed by atoms with Gasteiger partial charge in [-0.25, -0.2) is 0 Å². The molecule has 0 aliphatic carbocycles. The fourth-order valence-electron chi connectivity index (χ4n) is 4.18. The van der Waals surface area contributed by atoms with Crippen LogP contribution in [0.25, 0.3) is 0 Å². The third-order valence-corrected chi connectivity index (χ3v) is 5.80. The van der Waals surface area contributed by atoms with Crippen molar-refractivity contribution < 1.29 is 9.47 Å². The van der Waals surface area contributed by atoms with E-state index in [1.807, 2.05) is 7.05 Å². The monoisotopic (exact) mass is 397 g/mol. The molecule has 7 heteroatoms. The number of aliphatic imine (C=N–C) groups is 1. The summed E-state index contributed by atoms with van der Waals surface area (Å²) in [6.45, 7) is 18.5. The highest BCUT2D eigenvalue weighted by Crippen LogP contribution is 2.14. The van der Waals surface area contributed by atoms with Crippen molar-refractivity contribution in [2.24, 2.45) is 16.8 Å². The van der Waals surface area contributed by atoms with E-state index in [-0.39, 0.29) is 0 Å². The summed E-state index contributed by atoms with van der Waals surface area (Å²) in [6.07, 6.45) is 1.19. The first-order valence-electron chi connectivity index (χ1n) is 11.1. The van der Waals surface area contributed by atoms with Gasteiger partial charge in [-0.2, -0.15) is 0 Å². The van der Waals surface area contributed by atoms with Crippen LogP contribution in [0.1, 0.15) is 34.1 Å². The van der Waals surface area contributed by atoms with Crippen molar-refractivity contribution in [3.05, 3.63) is 0 Å². The number of morpholine rings is 2. The van der Waals surface area contributed by atoms with Crippen LogP contribution in [-0.4, -0.2) is 101 Å².